The number of hydrogen-bond acceptors (Lipinski definition) is 3. The smallest absolute Gasteiger partial charge is 0.246 e. The van der Waals surface area contributed by atoms with Crippen molar-refractivity contribution in [2.75, 3.05) is 19.4 Å². The second-order valence-electron chi connectivity index (χ2n) is 6.48. The summed E-state index contributed by atoms with van der Waals surface area (Å²) in [5.74, 6) is 0.331. The van der Waals surface area contributed by atoms with E-state index in [0.717, 1.165) is 24.0 Å². The van der Waals surface area contributed by atoms with Gasteiger partial charge in [0.2, 0.25) is 5.91 Å². The molecule has 4 heteroatoms. The Balaban J connectivity index is 1.71. The van der Waals surface area contributed by atoms with Gasteiger partial charge in [0.15, 0.2) is 5.78 Å². The van der Waals surface area contributed by atoms with Crippen LogP contribution in [0.5, 0.6) is 0 Å². The van der Waals surface area contributed by atoms with Crippen LogP contribution in [-0.4, -0.2) is 30.7 Å². The van der Waals surface area contributed by atoms with E-state index in [2.05, 4.69) is 5.32 Å². The maximum absolute atomic E-state index is 12.7. The zero-order chi connectivity index (χ0) is 17.1. The van der Waals surface area contributed by atoms with Crippen LogP contribution in [-0.2, 0) is 4.79 Å². The minimum Gasteiger partial charge on any atom is -0.324 e. The molecule has 1 aliphatic rings. The van der Waals surface area contributed by atoms with Gasteiger partial charge in [-0.25, -0.2) is 0 Å². The van der Waals surface area contributed by atoms with E-state index in [-0.39, 0.29) is 23.7 Å². The first-order valence-electron chi connectivity index (χ1n) is 8.23. The molecule has 0 bridgehead atoms. The van der Waals surface area contributed by atoms with Crippen molar-refractivity contribution in [1.82, 2.24) is 4.90 Å². The molecule has 0 aliphatic heterocycles. The molecule has 24 heavy (non-hydrogen) atoms. The highest BCUT2D eigenvalue weighted by molar-refractivity contribution is 6.00. The van der Waals surface area contributed by atoms with Crippen molar-refractivity contribution in [2.45, 2.75) is 18.9 Å². The fourth-order valence-corrected chi connectivity index (χ4v) is 2.83. The van der Waals surface area contributed by atoms with Crippen molar-refractivity contribution < 1.29 is 9.59 Å². The number of likely N-dealkylation sites (N-methyl/N-ethyl adjacent to an activating group) is 1. The van der Waals surface area contributed by atoms with Crippen LogP contribution >= 0.6 is 0 Å². The van der Waals surface area contributed by atoms with E-state index in [1.165, 1.54) is 0 Å². The number of benzene rings is 2. The van der Waals surface area contributed by atoms with Gasteiger partial charge in [0.05, 0.1) is 0 Å². The highest BCUT2D eigenvalue weighted by Gasteiger charge is 2.30. The topological polar surface area (TPSA) is 49.4 Å². The highest BCUT2D eigenvalue weighted by atomic mass is 16.2. The van der Waals surface area contributed by atoms with Gasteiger partial charge in [0.25, 0.3) is 0 Å². The summed E-state index contributed by atoms with van der Waals surface area (Å²) in [5.41, 5.74) is 2.37. The Hall–Kier alpha value is -2.46. The van der Waals surface area contributed by atoms with Crippen LogP contribution in [0.3, 0.4) is 0 Å². The molecule has 0 saturated heterocycles. The monoisotopic (exact) mass is 322 g/mol. The second kappa shape index (κ2) is 6.97. The molecule has 0 aromatic heterocycles. The Morgan fingerprint density at radius 1 is 1.00 bits per heavy atom. The lowest BCUT2D eigenvalue weighted by Gasteiger charge is -2.23. The maximum atomic E-state index is 12.7. The van der Waals surface area contributed by atoms with Crippen LogP contribution < -0.4 is 5.32 Å². The van der Waals surface area contributed by atoms with Gasteiger partial charge in [-0.1, -0.05) is 30.3 Å². The Kier molecular flexibility index (Phi) is 4.76. The number of carbonyl (C=O) groups excluding carboxylic acids is 2. The van der Waals surface area contributed by atoms with Crippen LogP contribution in [0, 0.1) is 5.92 Å². The van der Waals surface area contributed by atoms with Crippen molar-refractivity contribution in [1.29, 1.82) is 0 Å². The van der Waals surface area contributed by atoms with Crippen molar-refractivity contribution in [3.8, 4) is 0 Å². The van der Waals surface area contributed by atoms with E-state index in [4.69, 9.17) is 0 Å². The van der Waals surface area contributed by atoms with Gasteiger partial charge >= 0.3 is 0 Å². The molecule has 1 fully saturated rings. The van der Waals surface area contributed by atoms with E-state index in [1.807, 2.05) is 49.3 Å². The molecule has 2 aromatic rings. The molecule has 0 heterocycles. The lowest BCUT2D eigenvalue weighted by Crippen LogP contribution is -2.32. The third kappa shape index (κ3) is 3.71. The van der Waals surface area contributed by atoms with Crippen LogP contribution in [0.4, 0.5) is 5.69 Å². The van der Waals surface area contributed by atoms with Gasteiger partial charge in [-0.3, -0.25) is 14.5 Å². The predicted octanol–water partition coefficient (Wildman–Crippen LogP) is 3.52. The van der Waals surface area contributed by atoms with Crippen molar-refractivity contribution >= 4 is 17.4 Å². The summed E-state index contributed by atoms with van der Waals surface area (Å²) < 4.78 is 0. The van der Waals surface area contributed by atoms with Gasteiger partial charge in [-0.2, -0.15) is 0 Å². The van der Waals surface area contributed by atoms with Gasteiger partial charge in [0, 0.05) is 17.2 Å². The third-order valence-corrected chi connectivity index (χ3v) is 4.27. The number of nitrogens with one attached hydrogen (secondary N) is 1. The van der Waals surface area contributed by atoms with Gasteiger partial charge < -0.3 is 5.32 Å². The molecule has 1 unspecified atom stereocenters. The highest BCUT2D eigenvalue weighted by Crippen LogP contribution is 2.32. The van der Waals surface area contributed by atoms with E-state index in [1.54, 1.807) is 24.3 Å². The Bertz CT molecular complexity index is 719. The molecule has 1 aliphatic carbocycles. The molecule has 4 nitrogen and oxygen atoms in total. The molecular weight excluding hydrogens is 300 g/mol. The lowest BCUT2D eigenvalue weighted by molar-refractivity contribution is -0.120. The summed E-state index contributed by atoms with van der Waals surface area (Å²) in [6.07, 6.45) is 2.00. The summed E-state index contributed by atoms with van der Waals surface area (Å²) in [7, 11) is 3.77. The average molecular weight is 322 g/mol. The molecule has 0 spiro atoms. The molecule has 2 aromatic carbocycles. The fraction of sp³-hybridized carbons (Fsp3) is 0.300. The zero-order valence-electron chi connectivity index (χ0n) is 14.0. The van der Waals surface area contributed by atoms with Crippen molar-refractivity contribution in [3.05, 3.63) is 65.7 Å². The van der Waals surface area contributed by atoms with Gasteiger partial charge in [0.1, 0.15) is 6.04 Å². The minimum absolute atomic E-state index is 0.0903. The van der Waals surface area contributed by atoms with Crippen LogP contribution in [0.25, 0.3) is 0 Å². The van der Waals surface area contributed by atoms with Crippen LogP contribution in [0.15, 0.2) is 54.6 Å². The zero-order valence-corrected chi connectivity index (χ0v) is 14.0. The average Bonchev–Trinajstić information content (AvgIpc) is 3.40. The maximum Gasteiger partial charge on any atom is 0.246 e. The quantitative estimate of drug-likeness (QED) is 0.828. The SMILES string of the molecule is CN(C)C(C(=O)Nc1ccc(C(=O)C2CC2)cc1)c1ccccc1. The number of ketones is 1. The second-order valence-corrected chi connectivity index (χ2v) is 6.48. The summed E-state index contributed by atoms with van der Waals surface area (Å²) in [4.78, 5) is 26.6. The first-order valence-corrected chi connectivity index (χ1v) is 8.23. The Labute approximate surface area is 142 Å². The number of rotatable bonds is 6. The molecule has 3 rings (SSSR count). The molecular formula is C20H22N2O2. The fourth-order valence-electron chi connectivity index (χ4n) is 2.83. The summed E-state index contributed by atoms with van der Waals surface area (Å²) >= 11 is 0. The molecule has 1 amide bonds. The van der Waals surface area contributed by atoms with E-state index >= 15 is 0 Å². The number of carbonyl (C=O) groups is 2. The lowest BCUT2D eigenvalue weighted by atomic mass is 10.0. The predicted molar refractivity (Wildman–Crippen MR) is 95.0 cm³/mol. The third-order valence-electron chi connectivity index (χ3n) is 4.27. The number of Topliss-reactive ketones (excluding diaryl/α,β-unsaturated/α-hetero) is 1. The van der Waals surface area contributed by atoms with Gasteiger partial charge in [-0.05, 0) is 56.8 Å². The number of anilines is 1. The van der Waals surface area contributed by atoms with Crippen molar-refractivity contribution in [2.24, 2.45) is 5.92 Å². The van der Waals surface area contributed by atoms with E-state index in [0.29, 0.717) is 5.69 Å². The number of hydrogen-bond donors (Lipinski definition) is 1. The van der Waals surface area contributed by atoms with E-state index < -0.39 is 0 Å². The largest absolute Gasteiger partial charge is 0.324 e. The molecule has 1 N–H and O–H groups in total. The molecule has 0 radical (unpaired) electrons. The van der Waals surface area contributed by atoms with Gasteiger partial charge in [-0.15, -0.1) is 0 Å². The molecule has 1 atom stereocenters. The van der Waals surface area contributed by atoms with Crippen molar-refractivity contribution in [3.63, 3.8) is 0 Å². The normalized spacial score (nSPS) is 15.1. The first kappa shape index (κ1) is 16.4. The number of nitrogens with zero attached hydrogens (tertiary/aromatic N) is 1. The van der Waals surface area contributed by atoms with Crippen LogP contribution in [0.1, 0.15) is 34.8 Å². The summed E-state index contributed by atoms with van der Waals surface area (Å²) in [5, 5.41) is 2.94. The standard InChI is InChI=1S/C20H22N2O2/c1-22(2)18(14-6-4-3-5-7-14)20(24)21-17-12-10-16(11-13-17)19(23)15-8-9-15/h3-7,10-13,15,18H,8-9H2,1-2H3,(H,21,24). The minimum atomic E-state index is -0.362. The van der Waals surface area contributed by atoms with Crippen LogP contribution in [0.2, 0.25) is 0 Å². The van der Waals surface area contributed by atoms with E-state index in [9.17, 15) is 9.59 Å². The number of amides is 1. The first-order chi connectivity index (χ1) is 11.6. The Morgan fingerprint density at radius 2 is 1.62 bits per heavy atom. The molecule has 1 saturated carbocycles. The molecule has 124 valence electrons. The Morgan fingerprint density at radius 3 is 2.17 bits per heavy atom. The summed E-state index contributed by atoms with van der Waals surface area (Å²) in [6, 6.07) is 16.5. The summed E-state index contributed by atoms with van der Waals surface area (Å²) in [6.45, 7) is 0.